The first-order chi connectivity index (χ1) is 8.17. The molecular formula is C9H15N5O3. The summed E-state index contributed by atoms with van der Waals surface area (Å²) in [5, 5.41) is 17.9. The molecule has 8 heteroatoms. The summed E-state index contributed by atoms with van der Waals surface area (Å²) in [5.74, 6) is 0.497. The summed E-state index contributed by atoms with van der Waals surface area (Å²) in [5.41, 5.74) is 5.54. The van der Waals surface area contributed by atoms with E-state index in [1.807, 2.05) is 0 Å². The molecule has 0 aromatic carbocycles. The SMILES string of the molecule is Nc1nc2c(c(=O)[nH]1)N(CCO)CN2CCO. The van der Waals surface area contributed by atoms with Crippen molar-refractivity contribution in [2.24, 2.45) is 0 Å². The first kappa shape index (κ1) is 11.7. The van der Waals surface area contributed by atoms with Crippen molar-refractivity contribution in [1.29, 1.82) is 0 Å². The quantitative estimate of drug-likeness (QED) is 0.477. The number of nitrogens with zero attached hydrogens (tertiary/aromatic N) is 3. The van der Waals surface area contributed by atoms with Crippen LogP contribution >= 0.6 is 0 Å². The number of nitrogen functional groups attached to an aromatic ring is 1. The van der Waals surface area contributed by atoms with E-state index in [1.165, 1.54) is 0 Å². The summed E-state index contributed by atoms with van der Waals surface area (Å²) in [6.45, 7) is 1.02. The molecule has 0 fully saturated rings. The number of anilines is 3. The van der Waals surface area contributed by atoms with E-state index in [9.17, 15) is 4.79 Å². The molecule has 1 aromatic rings. The van der Waals surface area contributed by atoms with Gasteiger partial charge in [-0.3, -0.25) is 9.78 Å². The summed E-state index contributed by atoms with van der Waals surface area (Å²) in [4.78, 5) is 21.7. The Morgan fingerprint density at radius 3 is 2.59 bits per heavy atom. The molecule has 1 aliphatic heterocycles. The Hall–Kier alpha value is -1.80. The molecule has 0 saturated carbocycles. The maximum Gasteiger partial charge on any atom is 0.278 e. The number of hydrogen-bond acceptors (Lipinski definition) is 7. The number of aromatic nitrogens is 2. The Morgan fingerprint density at radius 2 is 1.94 bits per heavy atom. The highest BCUT2D eigenvalue weighted by molar-refractivity contribution is 5.72. The van der Waals surface area contributed by atoms with E-state index in [4.69, 9.17) is 15.9 Å². The first-order valence-electron chi connectivity index (χ1n) is 5.28. The lowest BCUT2D eigenvalue weighted by Gasteiger charge is -2.18. The average Bonchev–Trinajstić information content (AvgIpc) is 2.58. The van der Waals surface area contributed by atoms with Crippen LogP contribution in [0, 0.1) is 0 Å². The van der Waals surface area contributed by atoms with Gasteiger partial charge in [0.1, 0.15) is 5.69 Å². The van der Waals surface area contributed by atoms with Crippen LogP contribution in [0.3, 0.4) is 0 Å². The van der Waals surface area contributed by atoms with E-state index in [2.05, 4.69) is 9.97 Å². The normalized spacial score (nSPS) is 14.2. The molecule has 1 aliphatic rings. The van der Waals surface area contributed by atoms with E-state index in [0.29, 0.717) is 31.3 Å². The van der Waals surface area contributed by atoms with Crippen LogP contribution in [0.25, 0.3) is 0 Å². The molecule has 5 N–H and O–H groups in total. The maximum atomic E-state index is 11.8. The topological polar surface area (TPSA) is 119 Å². The van der Waals surface area contributed by atoms with Gasteiger partial charge in [0.15, 0.2) is 5.82 Å². The molecule has 0 saturated heterocycles. The van der Waals surface area contributed by atoms with Gasteiger partial charge in [-0.15, -0.1) is 0 Å². The van der Waals surface area contributed by atoms with Crippen LogP contribution in [0.4, 0.5) is 17.5 Å². The van der Waals surface area contributed by atoms with E-state index in [-0.39, 0.29) is 24.7 Å². The molecule has 0 unspecified atom stereocenters. The zero-order valence-electron chi connectivity index (χ0n) is 9.26. The lowest BCUT2D eigenvalue weighted by atomic mass is 10.4. The van der Waals surface area contributed by atoms with Crippen molar-refractivity contribution in [3.63, 3.8) is 0 Å². The van der Waals surface area contributed by atoms with Gasteiger partial charge in [-0.1, -0.05) is 0 Å². The van der Waals surface area contributed by atoms with Crippen molar-refractivity contribution in [3.05, 3.63) is 10.4 Å². The summed E-state index contributed by atoms with van der Waals surface area (Å²) in [6, 6.07) is 0. The standard InChI is InChI=1S/C9H15N5O3/c10-9-11-7-6(8(17)12-9)13(1-3-15)5-14(7)2-4-16/h15-16H,1-5H2,(H3,10,11,12,17). The third-order valence-corrected chi connectivity index (χ3v) is 2.59. The fourth-order valence-corrected chi connectivity index (χ4v) is 1.92. The van der Waals surface area contributed by atoms with Crippen LogP contribution < -0.4 is 21.1 Å². The molecule has 0 spiro atoms. The first-order valence-corrected chi connectivity index (χ1v) is 5.28. The highest BCUT2D eigenvalue weighted by Gasteiger charge is 2.29. The van der Waals surface area contributed by atoms with Crippen molar-refractivity contribution in [3.8, 4) is 0 Å². The number of H-pyrrole nitrogens is 1. The molecule has 1 aromatic heterocycles. The van der Waals surface area contributed by atoms with Crippen LogP contribution in [-0.4, -0.2) is 53.2 Å². The number of aliphatic hydroxyl groups excluding tert-OH is 2. The minimum absolute atomic E-state index is 0.0409. The minimum Gasteiger partial charge on any atom is -0.395 e. The minimum atomic E-state index is -0.332. The van der Waals surface area contributed by atoms with Gasteiger partial charge in [0.25, 0.3) is 5.56 Å². The Balaban J connectivity index is 2.43. The molecule has 0 radical (unpaired) electrons. The molecule has 0 aliphatic carbocycles. The number of fused-ring (bicyclic) bond motifs is 1. The van der Waals surface area contributed by atoms with Crippen LogP contribution in [0.2, 0.25) is 0 Å². The van der Waals surface area contributed by atoms with E-state index < -0.39 is 0 Å². The summed E-state index contributed by atoms with van der Waals surface area (Å²) < 4.78 is 0. The van der Waals surface area contributed by atoms with Gasteiger partial charge in [0.2, 0.25) is 5.95 Å². The average molecular weight is 241 g/mol. The number of β-amino-alcohol motifs (C(OH)–C–C–N with tert-alkyl or cyclic N) is 2. The van der Waals surface area contributed by atoms with Crippen LogP contribution in [0.1, 0.15) is 0 Å². The lowest BCUT2D eigenvalue weighted by molar-refractivity contribution is 0.297. The van der Waals surface area contributed by atoms with Crippen molar-refractivity contribution in [1.82, 2.24) is 9.97 Å². The lowest BCUT2D eigenvalue weighted by Crippen LogP contribution is -2.35. The molecule has 8 nitrogen and oxygen atoms in total. The molecule has 2 heterocycles. The Kier molecular flexibility index (Phi) is 3.16. The van der Waals surface area contributed by atoms with Crippen LogP contribution in [0.5, 0.6) is 0 Å². The summed E-state index contributed by atoms with van der Waals surface area (Å²) >= 11 is 0. The molecule has 0 atom stereocenters. The third-order valence-electron chi connectivity index (χ3n) is 2.59. The van der Waals surface area contributed by atoms with Crippen molar-refractivity contribution >= 4 is 17.5 Å². The van der Waals surface area contributed by atoms with Gasteiger partial charge in [-0.25, -0.2) is 0 Å². The van der Waals surface area contributed by atoms with Gasteiger partial charge in [0, 0.05) is 13.1 Å². The van der Waals surface area contributed by atoms with Crippen molar-refractivity contribution in [2.45, 2.75) is 0 Å². The highest BCUT2D eigenvalue weighted by Crippen LogP contribution is 2.30. The summed E-state index contributed by atoms with van der Waals surface area (Å²) in [7, 11) is 0. The second-order valence-electron chi connectivity index (χ2n) is 3.74. The van der Waals surface area contributed by atoms with Crippen molar-refractivity contribution in [2.75, 3.05) is 48.5 Å². The number of hydrogen-bond donors (Lipinski definition) is 4. The molecule has 2 rings (SSSR count). The fraction of sp³-hybridized carbons (Fsp3) is 0.556. The van der Waals surface area contributed by atoms with Gasteiger partial charge < -0.3 is 25.7 Å². The fourth-order valence-electron chi connectivity index (χ4n) is 1.92. The monoisotopic (exact) mass is 241 g/mol. The zero-order valence-corrected chi connectivity index (χ0v) is 9.26. The van der Waals surface area contributed by atoms with E-state index in [1.54, 1.807) is 9.80 Å². The number of nitrogens with two attached hydrogens (primary N) is 1. The molecule has 0 bridgehead atoms. The van der Waals surface area contributed by atoms with Crippen LogP contribution in [-0.2, 0) is 0 Å². The van der Waals surface area contributed by atoms with Crippen LogP contribution in [0.15, 0.2) is 4.79 Å². The van der Waals surface area contributed by atoms with E-state index in [0.717, 1.165) is 0 Å². The number of nitrogens with one attached hydrogen (secondary N) is 1. The molecule has 94 valence electrons. The van der Waals surface area contributed by atoms with Gasteiger partial charge >= 0.3 is 0 Å². The van der Waals surface area contributed by atoms with Crippen molar-refractivity contribution < 1.29 is 10.2 Å². The highest BCUT2D eigenvalue weighted by atomic mass is 16.3. The second-order valence-corrected chi connectivity index (χ2v) is 3.74. The molecule has 17 heavy (non-hydrogen) atoms. The Morgan fingerprint density at radius 1 is 1.29 bits per heavy atom. The number of aromatic amines is 1. The molecular weight excluding hydrogens is 226 g/mol. The third kappa shape index (κ3) is 2.04. The smallest absolute Gasteiger partial charge is 0.278 e. The number of rotatable bonds is 4. The molecule has 0 amide bonds. The van der Waals surface area contributed by atoms with Gasteiger partial charge in [0.05, 0.1) is 19.9 Å². The van der Waals surface area contributed by atoms with Gasteiger partial charge in [-0.05, 0) is 0 Å². The number of aliphatic hydroxyl groups is 2. The van der Waals surface area contributed by atoms with Gasteiger partial charge in [-0.2, -0.15) is 4.98 Å². The predicted molar refractivity (Wildman–Crippen MR) is 63.0 cm³/mol. The second kappa shape index (κ2) is 4.60. The van der Waals surface area contributed by atoms with E-state index >= 15 is 0 Å². The Bertz CT molecular complexity index is 460. The summed E-state index contributed by atoms with van der Waals surface area (Å²) in [6.07, 6.45) is 0. The Labute approximate surface area is 97.3 Å². The zero-order chi connectivity index (χ0) is 12.4. The maximum absolute atomic E-state index is 11.8. The largest absolute Gasteiger partial charge is 0.395 e. The predicted octanol–water partition coefficient (Wildman–Crippen LogP) is -2.08.